The predicted octanol–water partition coefficient (Wildman–Crippen LogP) is 1.55. The molecule has 1 aromatic heterocycles. The molecule has 1 rings (SSSR count). The van der Waals surface area contributed by atoms with Gasteiger partial charge >= 0.3 is 0 Å². The molecule has 0 radical (unpaired) electrons. The maximum Gasteiger partial charge on any atom is 0.250 e. The van der Waals surface area contributed by atoms with Crippen LogP contribution in [0.3, 0.4) is 0 Å². The quantitative estimate of drug-likeness (QED) is 0.816. The van der Waals surface area contributed by atoms with Crippen LogP contribution in [0.15, 0.2) is 23.1 Å². The molecule has 0 aliphatic carbocycles. The Hall–Kier alpha value is -1.29. The minimum absolute atomic E-state index is 0.00995. The van der Waals surface area contributed by atoms with Crippen LogP contribution in [-0.4, -0.2) is 29.1 Å². The summed E-state index contributed by atoms with van der Waals surface area (Å²) in [6.07, 6.45) is 4.08. The van der Waals surface area contributed by atoms with Crippen LogP contribution in [0.25, 0.3) is 0 Å². The van der Waals surface area contributed by atoms with Crippen molar-refractivity contribution in [1.29, 1.82) is 0 Å². The van der Waals surface area contributed by atoms with Crippen LogP contribution >= 0.6 is 0 Å². The van der Waals surface area contributed by atoms with E-state index in [0.29, 0.717) is 18.3 Å². The molecule has 0 bridgehead atoms. The van der Waals surface area contributed by atoms with Crippen LogP contribution in [0.4, 0.5) is 5.69 Å². The lowest BCUT2D eigenvalue weighted by molar-refractivity contribution is 0.235. The summed E-state index contributed by atoms with van der Waals surface area (Å²) in [5.74, 6) is 0. The number of hydrogen-bond donors (Lipinski definition) is 1. The van der Waals surface area contributed by atoms with Crippen molar-refractivity contribution in [2.75, 3.05) is 19.3 Å². The second kappa shape index (κ2) is 6.45. The highest BCUT2D eigenvalue weighted by molar-refractivity contribution is 5.33. The molecule has 0 saturated carbocycles. The first-order valence-electron chi connectivity index (χ1n) is 6.20. The minimum Gasteiger partial charge on any atom is -0.398 e. The van der Waals surface area contributed by atoms with E-state index in [2.05, 4.69) is 25.8 Å². The monoisotopic (exact) mass is 237 g/mol. The third-order valence-corrected chi connectivity index (χ3v) is 3.16. The summed E-state index contributed by atoms with van der Waals surface area (Å²) in [5.41, 5.74) is 6.31. The van der Waals surface area contributed by atoms with E-state index in [4.69, 9.17) is 5.73 Å². The Morgan fingerprint density at radius 1 is 1.47 bits per heavy atom. The molecule has 0 aliphatic heterocycles. The van der Waals surface area contributed by atoms with Crippen LogP contribution in [-0.2, 0) is 6.54 Å². The molecule has 4 heteroatoms. The van der Waals surface area contributed by atoms with E-state index in [9.17, 15) is 4.79 Å². The van der Waals surface area contributed by atoms with Gasteiger partial charge in [-0.3, -0.25) is 4.79 Å². The van der Waals surface area contributed by atoms with Crippen LogP contribution in [0.5, 0.6) is 0 Å². The van der Waals surface area contributed by atoms with Gasteiger partial charge in [0.15, 0.2) is 0 Å². The Morgan fingerprint density at radius 3 is 2.82 bits per heavy atom. The summed E-state index contributed by atoms with van der Waals surface area (Å²) >= 11 is 0. The molecule has 2 N–H and O–H groups in total. The number of pyridine rings is 1. The summed E-state index contributed by atoms with van der Waals surface area (Å²) in [7, 11) is 2.09. The molecule has 0 fully saturated rings. The fourth-order valence-electron chi connectivity index (χ4n) is 1.85. The van der Waals surface area contributed by atoms with Crippen molar-refractivity contribution in [3.8, 4) is 0 Å². The van der Waals surface area contributed by atoms with Gasteiger partial charge in [-0.1, -0.05) is 13.3 Å². The van der Waals surface area contributed by atoms with E-state index in [0.717, 1.165) is 6.54 Å². The highest BCUT2D eigenvalue weighted by Crippen LogP contribution is 2.04. The smallest absolute Gasteiger partial charge is 0.250 e. The van der Waals surface area contributed by atoms with Gasteiger partial charge in [0.1, 0.15) is 0 Å². The first-order valence-corrected chi connectivity index (χ1v) is 6.20. The van der Waals surface area contributed by atoms with Gasteiger partial charge in [0.2, 0.25) is 0 Å². The van der Waals surface area contributed by atoms with Crippen molar-refractivity contribution >= 4 is 5.69 Å². The molecule has 4 nitrogen and oxygen atoms in total. The molecule has 0 spiro atoms. The van der Waals surface area contributed by atoms with E-state index in [-0.39, 0.29) is 5.56 Å². The number of nitrogens with two attached hydrogens (primary N) is 1. The molecule has 0 saturated heterocycles. The predicted molar refractivity (Wildman–Crippen MR) is 72.1 cm³/mol. The van der Waals surface area contributed by atoms with E-state index < -0.39 is 0 Å². The fraction of sp³-hybridized carbons (Fsp3) is 0.615. The van der Waals surface area contributed by atoms with Gasteiger partial charge in [-0.15, -0.1) is 0 Å². The fourth-order valence-corrected chi connectivity index (χ4v) is 1.85. The van der Waals surface area contributed by atoms with Crippen LogP contribution < -0.4 is 11.3 Å². The molecule has 1 heterocycles. The normalized spacial score (nSPS) is 12.9. The van der Waals surface area contributed by atoms with Gasteiger partial charge in [0, 0.05) is 37.1 Å². The zero-order chi connectivity index (χ0) is 12.8. The molecule has 1 unspecified atom stereocenters. The van der Waals surface area contributed by atoms with Gasteiger partial charge in [-0.05, 0) is 26.5 Å². The number of nitrogen functional groups attached to an aromatic ring is 1. The standard InChI is InChI=1S/C13H23N3O/c1-4-5-11(2)15(3)8-9-16-10-12(14)6-7-13(16)17/h6-7,10-11H,4-5,8-9,14H2,1-3H3. The van der Waals surface area contributed by atoms with Crippen molar-refractivity contribution in [2.45, 2.75) is 39.3 Å². The molecule has 96 valence electrons. The summed E-state index contributed by atoms with van der Waals surface area (Å²) < 4.78 is 1.67. The topological polar surface area (TPSA) is 51.3 Å². The Balaban J connectivity index is 2.55. The highest BCUT2D eigenvalue weighted by atomic mass is 16.1. The second-order valence-corrected chi connectivity index (χ2v) is 4.61. The number of nitrogens with zero attached hydrogens (tertiary/aromatic N) is 2. The average molecular weight is 237 g/mol. The maximum atomic E-state index is 11.6. The van der Waals surface area contributed by atoms with Crippen molar-refractivity contribution in [3.05, 3.63) is 28.7 Å². The first kappa shape index (κ1) is 13.8. The lowest BCUT2D eigenvalue weighted by Crippen LogP contribution is -2.34. The molecule has 0 amide bonds. The van der Waals surface area contributed by atoms with Crippen LogP contribution in [0.2, 0.25) is 0 Å². The van der Waals surface area contributed by atoms with E-state index in [1.807, 2.05) is 0 Å². The number of rotatable bonds is 6. The van der Waals surface area contributed by atoms with E-state index in [1.165, 1.54) is 18.9 Å². The van der Waals surface area contributed by atoms with Crippen LogP contribution in [0, 0.1) is 0 Å². The van der Waals surface area contributed by atoms with Gasteiger partial charge in [0.05, 0.1) is 0 Å². The van der Waals surface area contributed by atoms with Gasteiger partial charge in [-0.25, -0.2) is 0 Å². The molecule has 0 aromatic carbocycles. The van der Waals surface area contributed by atoms with Crippen molar-refractivity contribution < 1.29 is 0 Å². The van der Waals surface area contributed by atoms with E-state index >= 15 is 0 Å². The Kier molecular flexibility index (Phi) is 5.22. The Labute approximate surface area is 103 Å². The second-order valence-electron chi connectivity index (χ2n) is 4.61. The molecular weight excluding hydrogens is 214 g/mol. The molecule has 1 atom stereocenters. The summed E-state index contributed by atoms with van der Waals surface area (Å²) in [4.78, 5) is 13.8. The number of hydrogen-bond acceptors (Lipinski definition) is 3. The molecule has 1 aromatic rings. The summed E-state index contributed by atoms with van der Waals surface area (Å²) in [6, 6.07) is 3.71. The third-order valence-electron chi connectivity index (χ3n) is 3.16. The van der Waals surface area contributed by atoms with Crippen molar-refractivity contribution in [1.82, 2.24) is 9.47 Å². The highest BCUT2D eigenvalue weighted by Gasteiger charge is 2.07. The van der Waals surface area contributed by atoms with Gasteiger partial charge < -0.3 is 15.2 Å². The first-order chi connectivity index (χ1) is 8.04. The maximum absolute atomic E-state index is 11.6. The molecule has 0 aliphatic rings. The van der Waals surface area contributed by atoms with E-state index in [1.54, 1.807) is 16.8 Å². The molecular formula is C13H23N3O. The zero-order valence-corrected chi connectivity index (χ0v) is 11.0. The van der Waals surface area contributed by atoms with Crippen LogP contribution in [0.1, 0.15) is 26.7 Å². The molecule has 17 heavy (non-hydrogen) atoms. The summed E-state index contributed by atoms with van der Waals surface area (Å²) in [5, 5.41) is 0. The van der Waals surface area contributed by atoms with Crippen molar-refractivity contribution in [2.24, 2.45) is 0 Å². The SMILES string of the molecule is CCCC(C)N(C)CCn1cc(N)ccc1=O. The summed E-state index contributed by atoms with van der Waals surface area (Å²) in [6.45, 7) is 5.96. The number of aromatic nitrogens is 1. The number of anilines is 1. The Morgan fingerprint density at radius 2 is 2.18 bits per heavy atom. The average Bonchev–Trinajstić information content (AvgIpc) is 2.30. The largest absolute Gasteiger partial charge is 0.398 e. The third kappa shape index (κ3) is 4.23. The lowest BCUT2D eigenvalue weighted by atomic mass is 10.2. The lowest BCUT2D eigenvalue weighted by Gasteiger charge is -2.24. The number of likely N-dealkylation sites (N-methyl/N-ethyl adjacent to an activating group) is 1. The van der Waals surface area contributed by atoms with Gasteiger partial charge in [-0.2, -0.15) is 0 Å². The van der Waals surface area contributed by atoms with Gasteiger partial charge in [0.25, 0.3) is 5.56 Å². The minimum atomic E-state index is 0.00995. The zero-order valence-electron chi connectivity index (χ0n) is 11.0. The Bertz CT molecular complexity index is 400. The van der Waals surface area contributed by atoms with Crippen molar-refractivity contribution in [3.63, 3.8) is 0 Å².